The molecule has 0 aliphatic heterocycles. The highest BCUT2D eigenvalue weighted by atomic mass is 16.5. The Bertz CT molecular complexity index is 377. The van der Waals surface area contributed by atoms with Crippen molar-refractivity contribution in [2.45, 2.75) is 32.7 Å². The van der Waals surface area contributed by atoms with E-state index in [0.717, 1.165) is 25.2 Å². The van der Waals surface area contributed by atoms with Crippen LogP contribution in [0.15, 0.2) is 12.1 Å². The molecule has 0 fully saturated rings. The zero-order chi connectivity index (χ0) is 13.5. The third kappa shape index (κ3) is 3.72. The maximum absolute atomic E-state index is 5.52. The van der Waals surface area contributed by atoms with Gasteiger partial charge in [-0.15, -0.1) is 0 Å². The molecule has 0 aliphatic carbocycles. The highest BCUT2D eigenvalue weighted by Gasteiger charge is 2.17. The first-order valence-corrected chi connectivity index (χ1v) is 6.45. The third-order valence-electron chi connectivity index (χ3n) is 3.25. The minimum atomic E-state index is 0.315. The smallest absolute Gasteiger partial charge is 0.124 e. The van der Waals surface area contributed by atoms with Gasteiger partial charge in [-0.25, -0.2) is 0 Å². The average molecular weight is 251 g/mol. The number of nitrogens with one attached hydrogen (secondary N) is 1. The molecule has 0 radical (unpaired) electrons. The van der Waals surface area contributed by atoms with Crippen LogP contribution in [0.2, 0.25) is 0 Å². The van der Waals surface area contributed by atoms with Crippen molar-refractivity contribution in [3.05, 3.63) is 28.8 Å². The van der Waals surface area contributed by atoms with E-state index < -0.39 is 0 Å². The molecule has 0 saturated carbocycles. The van der Waals surface area contributed by atoms with Gasteiger partial charge in [0.25, 0.3) is 0 Å². The van der Waals surface area contributed by atoms with Crippen LogP contribution < -0.4 is 10.1 Å². The molecule has 0 bridgehead atoms. The van der Waals surface area contributed by atoms with Crippen molar-refractivity contribution in [2.24, 2.45) is 0 Å². The first-order valence-electron chi connectivity index (χ1n) is 6.45. The van der Waals surface area contributed by atoms with E-state index in [0.29, 0.717) is 6.04 Å². The van der Waals surface area contributed by atoms with E-state index in [4.69, 9.17) is 9.47 Å². The highest BCUT2D eigenvalue weighted by Crippen LogP contribution is 2.32. The summed E-state index contributed by atoms with van der Waals surface area (Å²) in [5.74, 6) is 0.976. The Balaban J connectivity index is 2.96. The second-order valence-corrected chi connectivity index (χ2v) is 4.67. The molecule has 0 heterocycles. The molecular weight excluding hydrogens is 226 g/mol. The second kappa shape index (κ2) is 7.39. The fraction of sp³-hybridized carbons (Fsp3) is 0.600. The molecule has 3 heteroatoms. The molecule has 0 aromatic heterocycles. The zero-order valence-electron chi connectivity index (χ0n) is 12.2. The van der Waals surface area contributed by atoms with Crippen molar-refractivity contribution in [3.8, 4) is 5.75 Å². The SMILES string of the molecule is CNC(CCCOC)c1c(C)cc(C)cc1OC. The molecule has 102 valence electrons. The lowest BCUT2D eigenvalue weighted by atomic mass is 9.95. The maximum atomic E-state index is 5.52. The Morgan fingerprint density at radius 3 is 2.50 bits per heavy atom. The minimum absolute atomic E-state index is 0.315. The summed E-state index contributed by atoms with van der Waals surface area (Å²) in [7, 11) is 5.47. The van der Waals surface area contributed by atoms with Crippen LogP contribution >= 0.6 is 0 Å². The van der Waals surface area contributed by atoms with Gasteiger partial charge in [-0.05, 0) is 50.9 Å². The predicted molar refractivity (Wildman–Crippen MR) is 75.4 cm³/mol. The molecule has 3 nitrogen and oxygen atoms in total. The fourth-order valence-corrected chi connectivity index (χ4v) is 2.42. The zero-order valence-corrected chi connectivity index (χ0v) is 12.2. The molecule has 1 aromatic carbocycles. The number of aryl methyl sites for hydroxylation is 2. The van der Waals surface area contributed by atoms with Gasteiger partial charge in [0.05, 0.1) is 7.11 Å². The van der Waals surface area contributed by atoms with Crippen LogP contribution in [0.3, 0.4) is 0 Å². The van der Waals surface area contributed by atoms with Gasteiger partial charge in [-0.3, -0.25) is 0 Å². The van der Waals surface area contributed by atoms with Crippen molar-refractivity contribution < 1.29 is 9.47 Å². The summed E-state index contributed by atoms with van der Waals surface area (Å²) in [6.07, 6.45) is 2.09. The number of benzene rings is 1. The van der Waals surface area contributed by atoms with E-state index in [1.54, 1.807) is 14.2 Å². The first-order chi connectivity index (χ1) is 8.63. The van der Waals surface area contributed by atoms with Crippen molar-refractivity contribution in [1.29, 1.82) is 0 Å². The second-order valence-electron chi connectivity index (χ2n) is 4.67. The summed E-state index contributed by atoms with van der Waals surface area (Å²) < 4.78 is 10.6. The van der Waals surface area contributed by atoms with Crippen molar-refractivity contribution >= 4 is 0 Å². The molecule has 0 amide bonds. The number of hydrogen-bond donors (Lipinski definition) is 1. The molecule has 1 unspecified atom stereocenters. The van der Waals surface area contributed by atoms with Gasteiger partial charge in [-0.1, -0.05) is 6.07 Å². The van der Waals surface area contributed by atoms with Gasteiger partial charge < -0.3 is 14.8 Å². The van der Waals surface area contributed by atoms with Crippen molar-refractivity contribution in [3.63, 3.8) is 0 Å². The van der Waals surface area contributed by atoms with Gasteiger partial charge in [0.1, 0.15) is 5.75 Å². The molecule has 0 saturated heterocycles. The van der Waals surface area contributed by atoms with Crippen LogP contribution in [0.5, 0.6) is 5.75 Å². The predicted octanol–water partition coefficient (Wildman–Crippen LogP) is 3.00. The Kier molecular flexibility index (Phi) is 6.16. The van der Waals surface area contributed by atoms with E-state index in [1.807, 2.05) is 7.05 Å². The summed E-state index contributed by atoms with van der Waals surface area (Å²) in [5, 5.41) is 3.38. The molecule has 18 heavy (non-hydrogen) atoms. The number of rotatable bonds is 7. The van der Waals surface area contributed by atoms with E-state index in [2.05, 4.69) is 31.3 Å². The summed E-state index contributed by atoms with van der Waals surface area (Å²) in [4.78, 5) is 0. The number of hydrogen-bond acceptors (Lipinski definition) is 3. The van der Waals surface area contributed by atoms with Crippen molar-refractivity contribution in [1.82, 2.24) is 5.32 Å². The number of ether oxygens (including phenoxy) is 2. The van der Waals surface area contributed by atoms with Crippen LogP contribution in [0.4, 0.5) is 0 Å². The molecular formula is C15H25NO2. The normalized spacial score (nSPS) is 12.5. The lowest BCUT2D eigenvalue weighted by Gasteiger charge is -2.22. The van der Waals surface area contributed by atoms with Crippen LogP contribution in [-0.2, 0) is 4.74 Å². The van der Waals surface area contributed by atoms with Gasteiger partial charge >= 0.3 is 0 Å². The quantitative estimate of drug-likeness (QED) is 0.756. The average Bonchev–Trinajstić information content (AvgIpc) is 2.35. The molecule has 1 rings (SSSR count). The summed E-state index contributed by atoms with van der Waals surface area (Å²) in [5.41, 5.74) is 3.78. The summed E-state index contributed by atoms with van der Waals surface area (Å²) >= 11 is 0. The fourth-order valence-electron chi connectivity index (χ4n) is 2.42. The van der Waals surface area contributed by atoms with Crippen LogP contribution in [0.1, 0.15) is 35.6 Å². The van der Waals surface area contributed by atoms with E-state index in [-0.39, 0.29) is 0 Å². The van der Waals surface area contributed by atoms with E-state index >= 15 is 0 Å². The standard InChI is InChI=1S/C15H25NO2/c1-11-9-12(2)15(14(10-11)18-5)13(16-3)7-6-8-17-4/h9-10,13,16H,6-8H2,1-5H3. The van der Waals surface area contributed by atoms with Crippen molar-refractivity contribution in [2.75, 3.05) is 27.9 Å². The van der Waals surface area contributed by atoms with Crippen LogP contribution in [-0.4, -0.2) is 27.9 Å². The molecule has 1 aromatic rings. The third-order valence-corrected chi connectivity index (χ3v) is 3.25. The molecule has 1 atom stereocenters. The van der Waals surface area contributed by atoms with E-state index in [9.17, 15) is 0 Å². The van der Waals surface area contributed by atoms with E-state index in [1.165, 1.54) is 16.7 Å². The monoisotopic (exact) mass is 251 g/mol. The lowest BCUT2D eigenvalue weighted by molar-refractivity contribution is 0.189. The molecule has 1 N–H and O–H groups in total. The van der Waals surface area contributed by atoms with Gasteiger partial charge in [0.2, 0.25) is 0 Å². The van der Waals surface area contributed by atoms with Crippen LogP contribution in [0.25, 0.3) is 0 Å². The Hall–Kier alpha value is -1.06. The Morgan fingerprint density at radius 1 is 1.22 bits per heavy atom. The molecule has 0 aliphatic rings. The van der Waals surface area contributed by atoms with Gasteiger partial charge in [0, 0.05) is 25.3 Å². The maximum Gasteiger partial charge on any atom is 0.124 e. The lowest BCUT2D eigenvalue weighted by Crippen LogP contribution is -2.19. The van der Waals surface area contributed by atoms with Gasteiger partial charge in [-0.2, -0.15) is 0 Å². The van der Waals surface area contributed by atoms with Crippen LogP contribution in [0, 0.1) is 13.8 Å². The Morgan fingerprint density at radius 2 is 1.94 bits per heavy atom. The Labute approximate surface area is 110 Å². The largest absolute Gasteiger partial charge is 0.496 e. The first kappa shape index (κ1) is 15.0. The topological polar surface area (TPSA) is 30.5 Å². The van der Waals surface area contributed by atoms with Gasteiger partial charge in [0.15, 0.2) is 0 Å². The number of methoxy groups -OCH3 is 2. The highest BCUT2D eigenvalue weighted by molar-refractivity contribution is 5.45. The summed E-state index contributed by atoms with van der Waals surface area (Å²) in [6, 6.07) is 4.62. The minimum Gasteiger partial charge on any atom is -0.496 e. The summed E-state index contributed by atoms with van der Waals surface area (Å²) in [6.45, 7) is 5.04. The molecule has 0 spiro atoms.